The molecule has 0 aliphatic heterocycles. The number of hydrogen-bond donors (Lipinski definition) is 2. The third-order valence-corrected chi connectivity index (χ3v) is 5.55. The average molecular weight is 512 g/mol. The van der Waals surface area contributed by atoms with Crippen LogP contribution in [0, 0.1) is 13.8 Å². The van der Waals surface area contributed by atoms with Gasteiger partial charge >= 0.3 is 0 Å². The van der Waals surface area contributed by atoms with E-state index >= 15 is 0 Å². The first-order valence-corrected chi connectivity index (χ1v) is 11.3. The van der Waals surface area contributed by atoms with Crippen LogP contribution in [-0.4, -0.2) is 34.7 Å². The summed E-state index contributed by atoms with van der Waals surface area (Å²) in [5.74, 6) is 0.401. The minimum Gasteiger partial charge on any atom is -0.507 e. The molecule has 0 unspecified atom stereocenters. The molecule has 35 heavy (non-hydrogen) atoms. The Bertz CT molecular complexity index is 1230. The number of phenols is 2. The Hall–Kier alpha value is -3.66. The molecule has 0 spiro atoms. The van der Waals surface area contributed by atoms with Gasteiger partial charge in [-0.1, -0.05) is 83.9 Å². The first-order valence-electron chi connectivity index (χ1n) is 11.3. The van der Waals surface area contributed by atoms with Crippen molar-refractivity contribution in [1.82, 2.24) is 0 Å². The molecule has 4 nitrogen and oxygen atoms in total. The fourth-order valence-electron chi connectivity index (χ4n) is 3.86. The summed E-state index contributed by atoms with van der Waals surface area (Å²) in [6.07, 6.45) is 0. The van der Waals surface area contributed by atoms with Gasteiger partial charge in [0, 0.05) is 39.3 Å². The molecule has 0 bridgehead atoms. The van der Waals surface area contributed by atoms with Gasteiger partial charge in [0.15, 0.2) is 0 Å². The number of aliphatic imine (C=N–C) groups is 2. The summed E-state index contributed by atoms with van der Waals surface area (Å²) < 4.78 is 0. The molecule has 0 saturated heterocycles. The quantitative estimate of drug-likeness (QED) is 0.179. The molecular formula is C30H28CuN2O2. The van der Waals surface area contributed by atoms with E-state index in [2.05, 4.69) is 0 Å². The van der Waals surface area contributed by atoms with E-state index in [0.29, 0.717) is 24.2 Å². The molecule has 4 aromatic rings. The number of aryl methyl sites for hydroxylation is 2. The van der Waals surface area contributed by atoms with Crippen molar-refractivity contribution in [1.29, 1.82) is 0 Å². The summed E-state index contributed by atoms with van der Waals surface area (Å²) >= 11 is 0. The Morgan fingerprint density at radius 2 is 0.943 bits per heavy atom. The number of benzene rings is 4. The van der Waals surface area contributed by atoms with Gasteiger partial charge in [0.25, 0.3) is 0 Å². The molecule has 0 aliphatic rings. The van der Waals surface area contributed by atoms with E-state index in [1.807, 2.05) is 98.8 Å². The fourth-order valence-corrected chi connectivity index (χ4v) is 3.86. The van der Waals surface area contributed by atoms with Gasteiger partial charge in [0.2, 0.25) is 0 Å². The van der Waals surface area contributed by atoms with Gasteiger partial charge in [-0.05, 0) is 38.1 Å². The fraction of sp³-hybridized carbons (Fsp3) is 0.133. The van der Waals surface area contributed by atoms with Crippen molar-refractivity contribution in [3.05, 3.63) is 130 Å². The molecule has 2 N–H and O–H groups in total. The Kier molecular flexibility index (Phi) is 9.02. The number of aromatic hydroxyl groups is 2. The Labute approximate surface area is 217 Å². The first kappa shape index (κ1) is 26.0. The molecule has 0 aromatic heterocycles. The van der Waals surface area contributed by atoms with E-state index in [1.54, 1.807) is 12.1 Å². The molecule has 4 rings (SSSR count). The standard InChI is InChI=1S/C30H28N2O2.Cu/c1-21-13-15-27(33)25(19-21)29(23-9-5-3-6-10-23)31-17-18-32-30(24-11-7-4-8-12-24)26-20-22(2)14-16-28(26)34;/h3-16,19-20,33-34H,17-18H2,1-2H3;. The monoisotopic (exact) mass is 511 g/mol. The largest absolute Gasteiger partial charge is 0.507 e. The molecule has 0 amide bonds. The summed E-state index contributed by atoms with van der Waals surface area (Å²) in [7, 11) is 0. The van der Waals surface area contributed by atoms with Gasteiger partial charge in [-0.3, -0.25) is 9.98 Å². The van der Waals surface area contributed by atoms with Gasteiger partial charge in [-0.2, -0.15) is 0 Å². The summed E-state index contributed by atoms with van der Waals surface area (Å²) in [5.41, 5.74) is 6.85. The van der Waals surface area contributed by atoms with E-state index in [4.69, 9.17) is 9.98 Å². The van der Waals surface area contributed by atoms with Crippen LogP contribution in [0.3, 0.4) is 0 Å². The van der Waals surface area contributed by atoms with Crippen molar-refractivity contribution < 1.29 is 27.3 Å². The second-order valence-corrected chi connectivity index (χ2v) is 8.23. The first-order chi connectivity index (χ1) is 16.5. The second-order valence-electron chi connectivity index (χ2n) is 8.23. The van der Waals surface area contributed by atoms with Crippen LogP contribution in [0.4, 0.5) is 0 Å². The molecule has 181 valence electrons. The van der Waals surface area contributed by atoms with E-state index in [9.17, 15) is 10.2 Å². The second kappa shape index (κ2) is 12.2. The molecule has 0 saturated carbocycles. The molecule has 0 atom stereocenters. The Balaban J connectivity index is 0.00000342. The molecule has 5 heteroatoms. The molecule has 0 fully saturated rings. The van der Waals surface area contributed by atoms with Crippen molar-refractivity contribution in [3.8, 4) is 11.5 Å². The summed E-state index contributed by atoms with van der Waals surface area (Å²) in [6, 6.07) is 30.8. The zero-order valence-electron chi connectivity index (χ0n) is 19.7. The maximum Gasteiger partial charge on any atom is 0.124 e. The van der Waals surface area contributed by atoms with Crippen molar-refractivity contribution >= 4 is 11.4 Å². The molecule has 0 aliphatic carbocycles. The predicted octanol–water partition coefficient (Wildman–Crippen LogP) is 6.09. The van der Waals surface area contributed by atoms with Gasteiger partial charge < -0.3 is 10.2 Å². The van der Waals surface area contributed by atoms with Crippen molar-refractivity contribution in [3.63, 3.8) is 0 Å². The van der Waals surface area contributed by atoms with Crippen LogP contribution in [0.15, 0.2) is 107 Å². The smallest absolute Gasteiger partial charge is 0.124 e. The van der Waals surface area contributed by atoms with Crippen LogP contribution in [-0.2, 0) is 17.1 Å². The van der Waals surface area contributed by atoms with Crippen LogP contribution in [0.25, 0.3) is 0 Å². The molecular weight excluding hydrogens is 484 g/mol. The van der Waals surface area contributed by atoms with Crippen molar-refractivity contribution in [2.24, 2.45) is 9.98 Å². The van der Waals surface area contributed by atoms with Gasteiger partial charge in [0.05, 0.1) is 24.5 Å². The summed E-state index contributed by atoms with van der Waals surface area (Å²) in [6.45, 7) is 4.85. The van der Waals surface area contributed by atoms with Crippen LogP contribution in [0.2, 0.25) is 0 Å². The summed E-state index contributed by atoms with van der Waals surface area (Å²) in [5, 5.41) is 21.1. The van der Waals surface area contributed by atoms with Gasteiger partial charge in [-0.15, -0.1) is 0 Å². The van der Waals surface area contributed by atoms with Crippen LogP contribution >= 0.6 is 0 Å². The van der Waals surface area contributed by atoms with Crippen molar-refractivity contribution in [2.45, 2.75) is 13.8 Å². The molecule has 1 radical (unpaired) electrons. The van der Waals surface area contributed by atoms with Crippen LogP contribution in [0.1, 0.15) is 33.4 Å². The van der Waals surface area contributed by atoms with Crippen molar-refractivity contribution in [2.75, 3.05) is 13.1 Å². The van der Waals surface area contributed by atoms with Gasteiger partial charge in [-0.25, -0.2) is 0 Å². The Morgan fingerprint density at radius 1 is 0.571 bits per heavy atom. The minimum absolute atomic E-state index is 0. The van der Waals surface area contributed by atoms with E-state index in [1.165, 1.54) is 0 Å². The van der Waals surface area contributed by atoms with Crippen LogP contribution < -0.4 is 0 Å². The third kappa shape index (κ3) is 6.48. The number of nitrogens with zero attached hydrogens (tertiary/aromatic N) is 2. The third-order valence-electron chi connectivity index (χ3n) is 5.55. The van der Waals surface area contributed by atoms with Gasteiger partial charge in [0.1, 0.15) is 11.5 Å². The van der Waals surface area contributed by atoms with E-state index in [0.717, 1.165) is 33.7 Å². The summed E-state index contributed by atoms with van der Waals surface area (Å²) in [4.78, 5) is 9.71. The molecule has 4 aromatic carbocycles. The normalized spacial score (nSPS) is 11.7. The molecule has 0 heterocycles. The Morgan fingerprint density at radius 3 is 1.31 bits per heavy atom. The number of phenolic OH excluding ortho intramolecular Hbond substituents is 2. The zero-order chi connectivity index (χ0) is 23.9. The zero-order valence-corrected chi connectivity index (χ0v) is 20.7. The number of rotatable bonds is 7. The predicted molar refractivity (Wildman–Crippen MR) is 140 cm³/mol. The van der Waals surface area contributed by atoms with E-state index < -0.39 is 0 Å². The SMILES string of the molecule is Cc1ccc(O)c(C(=NCCN=C(c2ccccc2)c2cc(C)ccc2O)c2ccccc2)c1.[Cu]. The van der Waals surface area contributed by atoms with Crippen LogP contribution in [0.5, 0.6) is 11.5 Å². The average Bonchev–Trinajstić information content (AvgIpc) is 2.86. The van der Waals surface area contributed by atoms with E-state index in [-0.39, 0.29) is 28.6 Å². The maximum atomic E-state index is 10.5. The topological polar surface area (TPSA) is 65.2 Å². The maximum absolute atomic E-state index is 10.5. The minimum atomic E-state index is 0. The number of hydrogen-bond acceptors (Lipinski definition) is 4.